The molecule has 0 saturated heterocycles. The summed E-state index contributed by atoms with van der Waals surface area (Å²) < 4.78 is 5.09. The van der Waals surface area contributed by atoms with Gasteiger partial charge in [-0.3, -0.25) is 0 Å². The first-order valence-corrected chi connectivity index (χ1v) is 19.0. The molecule has 2 aromatic heterocycles. The second kappa shape index (κ2) is 12.4. The van der Waals surface area contributed by atoms with Crippen LogP contribution in [0.15, 0.2) is 121 Å². The fourth-order valence-electron chi connectivity index (χ4n) is 9.29. The van der Waals surface area contributed by atoms with Gasteiger partial charge in [-0.15, -0.1) is 0 Å². The smallest absolute Gasteiger partial charge is 0.0541 e. The van der Waals surface area contributed by atoms with Crippen molar-refractivity contribution < 1.29 is 0 Å². The Morgan fingerprint density at radius 3 is 2.34 bits per heavy atom. The minimum Gasteiger partial charge on any atom is -0.317 e. The van der Waals surface area contributed by atoms with Crippen LogP contribution in [0, 0.1) is 5.92 Å². The molecule has 0 fully saturated rings. The van der Waals surface area contributed by atoms with Crippen LogP contribution in [0.25, 0.3) is 57.0 Å². The maximum atomic E-state index is 2.65. The van der Waals surface area contributed by atoms with E-state index in [0.717, 1.165) is 38.5 Å². The number of aromatic nitrogens is 2. The third-order valence-corrected chi connectivity index (χ3v) is 11.8. The topological polar surface area (TPSA) is 9.86 Å². The molecule has 2 atom stereocenters. The molecular formula is C48H44N2. The molecule has 2 unspecified atom stereocenters. The fourth-order valence-corrected chi connectivity index (χ4v) is 9.29. The number of nitrogens with zero attached hydrogens (tertiary/aromatic N) is 2. The Morgan fingerprint density at radius 1 is 0.620 bits per heavy atom. The summed E-state index contributed by atoms with van der Waals surface area (Å²) in [6.07, 6.45) is 38.5. The van der Waals surface area contributed by atoms with E-state index in [1.54, 1.807) is 0 Å². The van der Waals surface area contributed by atoms with Crippen molar-refractivity contribution in [3.05, 3.63) is 154 Å². The van der Waals surface area contributed by atoms with E-state index < -0.39 is 0 Å². The molecule has 0 radical (unpaired) electrons. The molecule has 5 aliphatic carbocycles. The molecule has 50 heavy (non-hydrogen) atoms. The third kappa shape index (κ3) is 4.99. The van der Waals surface area contributed by atoms with Gasteiger partial charge in [0.2, 0.25) is 0 Å². The van der Waals surface area contributed by atoms with Gasteiger partial charge in [0.1, 0.15) is 0 Å². The van der Waals surface area contributed by atoms with Crippen molar-refractivity contribution in [1.82, 2.24) is 9.13 Å². The van der Waals surface area contributed by atoms with E-state index in [0.29, 0.717) is 11.8 Å². The van der Waals surface area contributed by atoms with Crippen molar-refractivity contribution in [2.24, 2.45) is 5.92 Å². The summed E-state index contributed by atoms with van der Waals surface area (Å²) in [5.74, 6) is 0.826. The first-order valence-electron chi connectivity index (χ1n) is 19.0. The Bertz CT molecular complexity index is 2480. The SMILES string of the molecule is C1=CC(c2ccc(-n3c4ccccc4c4cc(C5C=CC(C6C=c7c8c(n(C9=CCCCC9)c7=CC6)CCC=C8)=CC5)ccc43)cc2)=CCC1. The van der Waals surface area contributed by atoms with Crippen molar-refractivity contribution in [2.75, 3.05) is 0 Å². The monoisotopic (exact) mass is 648 g/mol. The van der Waals surface area contributed by atoms with Crippen LogP contribution in [-0.2, 0) is 6.42 Å². The van der Waals surface area contributed by atoms with Gasteiger partial charge in [-0.05, 0) is 117 Å². The van der Waals surface area contributed by atoms with Crippen LogP contribution in [0.5, 0.6) is 0 Å². The van der Waals surface area contributed by atoms with E-state index >= 15 is 0 Å². The standard InChI is InChI=1S/C48H44N2/c1-3-11-33(12-4-1)34-23-27-40(28-24-34)50-46-18-10-8-16-42(46)44-32-38(26-30-48(44)50)36-21-19-35(20-22-36)37-25-29-47-43(31-37)41-15-7-9-17-45(41)49(47)39-13-5-2-6-14-39/h3,7-8,10-13,15-16,18-21,23-24,26-32,36-37H,1-2,4-6,9,14,17,22,25H2. The maximum Gasteiger partial charge on any atom is 0.0541 e. The highest BCUT2D eigenvalue weighted by atomic mass is 15.0. The first kappa shape index (κ1) is 29.8. The van der Waals surface area contributed by atoms with E-state index in [4.69, 9.17) is 0 Å². The Hall–Kier alpha value is -5.08. The molecule has 10 rings (SSSR count). The van der Waals surface area contributed by atoms with Crippen LogP contribution in [0.4, 0.5) is 0 Å². The quantitative estimate of drug-likeness (QED) is 0.179. The molecule has 3 aromatic carbocycles. The lowest BCUT2D eigenvalue weighted by Crippen LogP contribution is -2.34. The van der Waals surface area contributed by atoms with Gasteiger partial charge in [0.05, 0.1) is 11.0 Å². The largest absolute Gasteiger partial charge is 0.317 e. The molecular weight excluding hydrogens is 605 g/mol. The molecule has 0 amide bonds. The van der Waals surface area contributed by atoms with E-state index in [2.05, 4.69) is 143 Å². The van der Waals surface area contributed by atoms with Crippen molar-refractivity contribution >= 4 is 51.3 Å². The van der Waals surface area contributed by atoms with Gasteiger partial charge in [-0.25, -0.2) is 0 Å². The molecule has 5 aromatic rings. The van der Waals surface area contributed by atoms with Gasteiger partial charge in [0, 0.05) is 55.8 Å². The fraction of sp³-hybridized carbons (Fsp3) is 0.250. The van der Waals surface area contributed by atoms with Gasteiger partial charge in [-0.2, -0.15) is 0 Å². The van der Waals surface area contributed by atoms with Crippen molar-refractivity contribution in [3.8, 4) is 5.69 Å². The van der Waals surface area contributed by atoms with Crippen LogP contribution in [-0.4, -0.2) is 9.13 Å². The van der Waals surface area contributed by atoms with Crippen LogP contribution in [0.3, 0.4) is 0 Å². The molecule has 2 heteroatoms. The van der Waals surface area contributed by atoms with E-state index in [1.165, 1.54) is 103 Å². The molecule has 0 saturated carbocycles. The van der Waals surface area contributed by atoms with E-state index in [-0.39, 0.29) is 0 Å². The molecule has 0 aliphatic heterocycles. The summed E-state index contributed by atoms with van der Waals surface area (Å²) in [7, 11) is 0. The Balaban J connectivity index is 0.949. The molecule has 246 valence electrons. The highest BCUT2D eigenvalue weighted by molar-refractivity contribution is 6.09. The third-order valence-electron chi connectivity index (χ3n) is 11.8. The molecule has 5 aliphatic rings. The number of allylic oxidation sites excluding steroid dienone is 11. The van der Waals surface area contributed by atoms with Gasteiger partial charge in [0.15, 0.2) is 0 Å². The van der Waals surface area contributed by atoms with Gasteiger partial charge in [0.25, 0.3) is 0 Å². The lowest BCUT2D eigenvalue weighted by atomic mass is 9.83. The van der Waals surface area contributed by atoms with Crippen LogP contribution in [0.2, 0.25) is 0 Å². The predicted molar refractivity (Wildman–Crippen MR) is 213 cm³/mol. The Kier molecular flexibility index (Phi) is 7.36. The summed E-state index contributed by atoms with van der Waals surface area (Å²) in [6, 6.07) is 25.2. The van der Waals surface area contributed by atoms with Gasteiger partial charge in [-0.1, -0.05) is 103 Å². The average molecular weight is 649 g/mol. The molecule has 0 bridgehead atoms. The van der Waals surface area contributed by atoms with Gasteiger partial charge >= 0.3 is 0 Å². The minimum atomic E-state index is 0.388. The lowest BCUT2D eigenvalue weighted by molar-refractivity contribution is 0.703. The normalized spacial score (nSPS) is 21.2. The summed E-state index contributed by atoms with van der Waals surface area (Å²) in [5.41, 5.74) is 13.8. The van der Waals surface area contributed by atoms with Crippen LogP contribution in [0.1, 0.15) is 86.1 Å². The summed E-state index contributed by atoms with van der Waals surface area (Å²) in [5, 5.41) is 5.57. The number of benzene rings is 3. The first-order chi connectivity index (χ1) is 24.8. The number of hydrogen-bond donors (Lipinski definition) is 0. The molecule has 2 heterocycles. The van der Waals surface area contributed by atoms with Crippen molar-refractivity contribution in [3.63, 3.8) is 0 Å². The number of rotatable bonds is 5. The summed E-state index contributed by atoms with van der Waals surface area (Å²) >= 11 is 0. The number of para-hydroxylation sites is 1. The molecule has 0 spiro atoms. The number of fused-ring (bicyclic) bond motifs is 6. The Morgan fingerprint density at radius 2 is 1.50 bits per heavy atom. The molecule has 2 nitrogen and oxygen atoms in total. The van der Waals surface area contributed by atoms with E-state index in [1.807, 2.05) is 0 Å². The summed E-state index contributed by atoms with van der Waals surface area (Å²) in [4.78, 5) is 0. The van der Waals surface area contributed by atoms with Crippen molar-refractivity contribution in [1.29, 1.82) is 0 Å². The zero-order valence-electron chi connectivity index (χ0n) is 28.8. The van der Waals surface area contributed by atoms with Gasteiger partial charge < -0.3 is 9.13 Å². The second-order valence-corrected chi connectivity index (χ2v) is 14.8. The van der Waals surface area contributed by atoms with E-state index in [9.17, 15) is 0 Å². The highest BCUT2D eigenvalue weighted by Gasteiger charge is 2.24. The maximum absolute atomic E-state index is 2.65. The van der Waals surface area contributed by atoms with Crippen molar-refractivity contribution in [2.45, 2.75) is 70.1 Å². The summed E-state index contributed by atoms with van der Waals surface area (Å²) in [6.45, 7) is 0. The molecule has 0 N–H and O–H groups in total. The average Bonchev–Trinajstić information content (AvgIpc) is 3.71. The Labute approximate surface area is 295 Å². The minimum absolute atomic E-state index is 0.388. The second-order valence-electron chi connectivity index (χ2n) is 14.8. The number of hydrogen-bond acceptors (Lipinski definition) is 0. The highest BCUT2D eigenvalue weighted by Crippen LogP contribution is 2.38. The van der Waals surface area contributed by atoms with Crippen LogP contribution >= 0.6 is 0 Å². The predicted octanol–water partition coefficient (Wildman–Crippen LogP) is 10.9. The van der Waals surface area contributed by atoms with Crippen LogP contribution < -0.4 is 10.6 Å². The zero-order chi connectivity index (χ0) is 33.0. The lowest BCUT2D eigenvalue weighted by Gasteiger charge is -2.22. The zero-order valence-corrected chi connectivity index (χ0v) is 28.8.